The van der Waals surface area contributed by atoms with Crippen molar-refractivity contribution in [2.75, 3.05) is 21.3 Å². The molecular formula is C23H21N3O6S. The van der Waals surface area contributed by atoms with Gasteiger partial charge in [0.1, 0.15) is 5.75 Å². The van der Waals surface area contributed by atoms with Crippen molar-refractivity contribution in [3.8, 4) is 17.2 Å². The lowest BCUT2D eigenvalue weighted by Crippen LogP contribution is -2.26. The lowest BCUT2D eigenvalue weighted by molar-refractivity contribution is -0.128. The van der Waals surface area contributed by atoms with Crippen LogP contribution < -0.4 is 19.5 Å². The molecule has 9 nitrogen and oxygen atoms in total. The van der Waals surface area contributed by atoms with Crippen LogP contribution in [0.5, 0.6) is 17.2 Å². The number of nitrogens with one attached hydrogen (secondary N) is 1. The van der Waals surface area contributed by atoms with Crippen molar-refractivity contribution >= 4 is 34.5 Å². The molecule has 1 saturated heterocycles. The van der Waals surface area contributed by atoms with E-state index < -0.39 is 23.1 Å². The number of ether oxygens (including phenoxy) is 3. The zero-order valence-electron chi connectivity index (χ0n) is 18.2. The molecule has 0 saturated carbocycles. The Balaban J connectivity index is 1.73. The number of amides is 3. The van der Waals surface area contributed by atoms with Crippen LogP contribution in [0.2, 0.25) is 0 Å². The summed E-state index contributed by atoms with van der Waals surface area (Å²) < 4.78 is 16.0. The zero-order valence-corrected chi connectivity index (χ0v) is 19.0. The third kappa shape index (κ3) is 4.56. The fraction of sp³-hybridized carbons (Fsp3) is 0.217. The zero-order chi connectivity index (χ0) is 23.5. The highest BCUT2D eigenvalue weighted by atomic mass is 32.2. The number of carbonyl (C=O) groups is 3. The first-order valence-electron chi connectivity index (χ1n) is 9.95. The SMILES string of the molecule is COc1cccc(C2=NN(C(=O)/C=C3\SC(=O)NC3=O)C(c3ccc(OC)c(OC)c3)C2)c1. The highest BCUT2D eigenvalue weighted by Crippen LogP contribution is 2.38. The summed E-state index contributed by atoms with van der Waals surface area (Å²) in [6, 6.07) is 12.3. The van der Waals surface area contributed by atoms with E-state index in [9.17, 15) is 14.4 Å². The Morgan fingerprint density at radius 2 is 1.88 bits per heavy atom. The summed E-state index contributed by atoms with van der Waals surface area (Å²) >= 11 is 0.683. The average molecular weight is 468 g/mol. The van der Waals surface area contributed by atoms with Crippen molar-refractivity contribution in [1.29, 1.82) is 0 Å². The Kier molecular flexibility index (Phi) is 6.36. The molecule has 0 aromatic heterocycles. The molecule has 2 aliphatic rings. The van der Waals surface area contributed by atoms with E-state index in [0.717, 1.165) is 17.2 Å². The van der Waals surface area contributed by atoms with E-state index in [1.165, 1.54) is 12.1 Å². The molecule has 2 heterocycles. The summed E-state index contributed by atoms with van der Waals surface area (Å²) in [5, 5.41) is 7.53. The number of imide groups is 1. The molecular weight excluding hydrogens is 446 g/mol. The molecule has 0 aliphatic carbocycles. The fourth-order valence-corrected chi connectivity index (χ4v) is 4.26. The molecule has 0 spiro atoms. The van der Waals surface area contributed by atoms with Crippen LogP contribution in [0.3, 0.4) is 0 Å². The summed E-state index contributed by atoms with van der Waals surface area (Å²) in [5.74, 6) is 0.636. The van der Waals surface area contributed by atoms with Gasteiger partial charge in [0.25, 0.3) is 17.1 Å². The van der Waals surface area contributed by atoms with Crippen LogP contribution >= 0.6 is 11.8 Å². The van der Waals surface area contributed by atoms with Gasteiger partial charge in [0, 0.05) is 18.1 Å². The minimum atomic E-state index is -0.600. The van der Waals surface area contributed by atoms with E-state index in [4.69, 9.17) is 14.2 Å². The van der Waals surface area contributed by atoms with Gasteiger partial charge in [-0.05, 0) is 41.6 Å². The van der Waals surface area contributed by atoms with Crippen LogP contribution in [0.1, 0.15) is 23.6 Å². The van der Waals surface area contributed by atoms with E-state index in [1.54, 1.807) is 26.4 Å². The third-order valence-electron chi connectivity index (χ3n) is 5.23. The van der Waals surface area contributed by atoms with Crippen molar-refractivity contribution in [2.24, 2.45) is 5.10 Å². The Bertz CT molecular complexity index is 1190. The van der Waals surface area contributed by atoms with Gasteiger partial charge in [0.15, 0.2) is 11.5 Å². The van der Waals surface area contributed by atoms with E-state index in [2.05, 4.69) is 10.4 Å². The summed E-state index contributed by atoms with van der Waals surface area (Å²) in [6.07, 6.45) is 1.56. The smallest absolute Gasteiger partial charge is 0.290 e. The predicted molar refractivity (Wildman–Crippen MR) is 122 cm³/mol. The molecule has 1 N–H and O–H groups in total. The van der Waals surface area contributed by atoms with Crippen LogP contribution in [0.15, 0.2) is 58.5 Å². The Hall–Kier alpha value is -3.79. The Morgan fingerprint density at radius 3 is 2.55 bits per heavy atom. The standard InChI is InChI=1S/C23H21N3O6S/c1-30-15-6-4-5-13(9-15)16-11-17(14-7-8-18(31-2)19(10-14)32-3)26(25-16)21(27)12-20-22(28)24-23(29)33-20/h4-10,12,17H,11H2,1-3H3,(H,24,28,29)/b20-12-. The maximum absolute atomic E-state index is 13.2. The normalized spacial score (nSPS) is 18.9. The van der Waals surface area contributed by atoms with Gasteiger partial charge in [-0.2, -0.15) is 5.10 Å². The molecule has 2 aliphatic heterocycles. The number of hydrogen-bond acceptors (Lipinski definition) is 8. The number of rotatable bonds is 6. The molecule has 2 aromatic carbocycles. The monoisotopic (exact) mass is 467 g/mol. The number of benzene rings is 2. The summed E-state index contributed by atoms with van der Waals surface area (Å²) in [4.78, 5) is 36.6. The molecule has 1 fully saturated rings. The maximum Gasteiger partial charge on any atom is 0.290 e. The number of thioether (sulfide) groups is 1. The molecule has 1 atom stereocenters. The van der Waals surface area contributed by atoms with E-state index >= 15 is 0 Å². The second kappa shape index (κ2) is 9.37. The van der Waals surface area contributed by atoms with E-state index in [1.807, 2.05) is 30.3 Å². The second-order valence-electron chi connectivity index (χ2n) is 7.15. The molecule has 2 aromatic rings. The van der Waals surface area contributed by atoms with Gasteiger partial charge in [-0.1, -0.05) is 18.2 Å². The molecule has 0 bridgehead atoms. The highest BCUT2D eigenvalue weighted by Gasteiger charge is 2.35. The van der Waals surface area contributed by atoms with Crippen LogP contribution in [-0.4, -0.2) is 49.1 Å². The van der Waals surface area contributed by atoms with E-state index in [-0.39, 0.29) is 4.91 Å². The van der Waals surface area contributed by atoms with Gasteiger partial charge >= 0.3 is 0 Å². The lowest BCUT2D eigenvalue weighted by atomic mass is 9.98. The number of methoxy groups -OCH3 is 3. The second-order valence-corrected chi connectivity index (χ2v) is 8.16. The third-order valence-corrected chi connectivity index (χ3v) is 6.04. The molecule has 0 radical (unpaired) electrons. The lowest BCUT2D eigenvalue weighted by Gasteiger charge is -2.22. The highest BCUT2D eigenvalue weighted by molar-refractivity contribution is 8.18. The Labute approximate surface area is 194 Å². The molecule has 10 heteroatoms. The Morgan fingerprint density at radius 1 is 1.09 bits per heavy atom. The quantitative estimate of drug-likeness (QED) is 0.650. The van der Waals surface area contributed by atoms with Crippen molar-refractivity contribution in [3.05, 3.63) is 64.6 Å². The molecule has 1 unspecified atom stereocenters. The minimum absolute atomic E-state index is 0.0288. The van der Waals surface area contributed by atoms with E-state index in [0.29, 0.717) is 41.1 Å². The molecule has 3 amide bonds. The van der Waals surface area contributed by atoms with Gasteiger partial charge in [-0.25, -0.2) is 5.01 Å². The summed E-state index contributed by atoms with van der Waals surface area (Å²) in [7, 11) is 4.66. The van der Waals surface area contributed by atoms with Gasteiger partial charge in [-0.15, -0.1) is 0 Å². The van der Waals surface area contributed by atoms with Gasteiger partial charge in [-0.3, -0.25) is 19.7 Å². The molecule has 4 rings (SSSR count). The van der Waals surface area contributed by atoms with Gasteiger partial charge in [0.2, 0.25) is 0 Å². The number of hydrogen-bond donors (Lipinski definition) is 1. The summed E-state index contributed by atoms with van der Waals surface area (Å²) in [5.41, 5.74) is 2.27. The topological polar surface area (TPSA) is 107 Å². The van der Waals surface area contributed by atoms with Crippen LogP contribution in [0, 0.1) is 0 Å². The number of hydrazone groups is 1. The van der Waals surface area contributed by atoms with Gasteiger partial charge in [0.05, 0.1) is 38.0 Å². The van der Waals surface area contributed by atoms with Crippen LogP contribution in [0.25, 0.3) is 0 Å². The average Bonchev–Trinajstić information content (AvgIpc) is 3.41. The first-order chi connectivity index (χ1) is 15.9. The van der Waals surface area contributed by atoms with Crippen molar-refractivity contribution in [2.45, 2.75) is 12.5 Å². The predicted octanol–water partition coefficient (Wildman–Crippen LogP) is 3.26. The van der Waals surface area contributed by atoms with Crippen molar-refractivity contribution in [1.82, 2.24) is 10.3 Å². The molecule has 33 heavy (non-hydrogen) atoms. The number of nitrogens with zero attached hydrogens (tertiary/aromatic N) is 2. The first kappa shape index (κ1) is 22.4. The minimum Gasteiger partial charge on any atom is -0.497 e. The largest absolute Gasteiger partial charge is 0.497 e. The van der Waals surface area contributed by atoms with Crippen molar-refractivity contribution in [3.63, 3.8) is 0 Å². The van der Waals surface area contributed by atoms with Gasteiger partial charge < -0.3 is 14.2 Å². The fourth-order valence-electron chi connectivity index (χ4n) is 3.61. The summed E-state index contributed by atoms with van der Waals surface area (Å²) in [6.45, 7) is 0. The maximum atomic E-state index is 13.2. The molecule has 170 valence electrons. The number of carbonyl (C=O) groups excluding carboxylic acids is 3. The van der Waals surface area contributed by atoms with Crippen molar-refractivity contribution < 1.29 is 28.6 Å². The van der Waals surface area contributed by atoms with Crippen LogP contribution in [0.4, 0.5) is 4.79 Å². The first-order valence-corrected chi connectivity index (χ1v) is 10.8. The van der Waals surface area contributed by atoms with Crippen LogP contribution in [-0.2, 0) is 9.59 Å².